The summed E-state index contributed by atoms with van der Waals surface area (Å²) in [4.78, 5) is 0. The summed E-state index contributed by atoms with van der Waals surface area (Å²) >= 11 is 0. The fraction of sp³-hybridized carbons (Fsp3) is 0.571. The van der Waals surface area contributed by atoms with Gasteiger partial charge in [-0.1, -0.05) is 13.0 Å². The predicted octanol–water partition coefficient (Wildman–Crippen LogP) is 2.15. The van der Waals surface area contributed by atoms with E-state index in [-0.39, 0.29) is 0 Å². The lowest BCUT2D eigenvalue weighted by Crippen LogP contribution is -1.84. The Morgan fingerprint density at radius 2 is 2.12 bits per heavy atom. The summed E-state index contributed by atoms with van der Waals surface area (Å²) in [5.74, 6) is 0. The fourth-order valence-corrected chi connectivity index (χ4v) is 0.350. The van der Waals surface area contributed by atoms with Crippen LogP contribution in [-0.2, 0) is 4.74 Å². The third-order valence-electron chi connectivity index (χ3n) is 0.757. The van der Waals surface area contributed by atoms with Crippen molar-refractivity contribution in [1.82, 2.24) is 0 Å². The number of unbranched alkanes of at least 4 members (excludes halogenated alkanes) is 1. The standard InChI is InChI=1S/C7H13O/c1-3-5-7-8-6-4-2/h3-4,6H,5,7H2,1-2H3. The number of ether oxygens (including phenoxy) is 1. The Morgan fingerprint density at radius 1 is 1.38 bits per heavy atom. The Labute approximate surface area is 51.4 Å². The quantitative estimate of drug-likeness (QED) is 0.401. The van der Waals surface area contributed by atoms with Crippen LogP contribution in [0.2, 0.25) is 0 Å². The SMILES string of the molecule is C[CH]CCOC=CC. The highest BCUT2D eigenvalue weighted by Crippen LogP contribution is 1.86. The first-order valence-electron chi connectivity index (χ1n) is 2.92. The smallest absolute Gasteiger partial charge is 0.0875 e. The molecule has 0 aliphatic rings. The van der Waals surface area contributed by atoms with Gasteiger partial charge in [0.1, 0.15) is 0 Å². The molecule has 1 radical (unpaired) electrons. The number of rotatable bonds is 4. The second kappa shape index (κ2) is 6.54. The topological polar surface area (TPSA) is 9.23 Å². The van der Waals surface area contributed by atoms with Gasteiger partial charge in [0.2, 0.25) is 0 Å². The van der Waals surface area contributed by atoms with Crippen LogP contribution < -0.4 is 0 Å². The molecule has 0 saturated heterocycles. The molecule has 0 rings (SSSR count). The van der Waals surface area contributed by atoms with Gasteiger partial charge < -0.3 is 4.74 Å². The van der Waals surface area contributed by atoms with Crippen LogP contribution in [0.1, 0.15) is 20.3 Å². The van der Waals surface area contributed by atoms with Crippen molar-refractivity contribution in [3.05, 3.63) is 18.8 Å². The van der Waals surface area contributed by atoms with E-state index in [0.717, 1.165) is 13.0 Å². The molecule has 0 N–H and O–H groups in total. The van der Waals surface area contributed by atoms with E-state index in [9.17, 15) is 0 Å². The van der Waals surface area contributed by atoms with E-state index in [0.29, 0.717) is 0 Å². The lowest BCUT2D eigenvalue weighted by Gasteiger charge is -1.94. The minimum atomic E-state index is 0.806. The van der Waals surface area contributed by atoms with Crippen LogP contribution in [0.25, 0.3) is 0 Å². The van der Waals surface area contributed by atoms with Crippen LogP contribution in [0.4, 0.5) is 0 Å². The Balaban J connectivity index is 2.72. The molecule has 0 amide bonds. The summed E-state index contributed by atoms with van der Waals surface area (Å²) in [6.45, 7) is 4.77. The van der Waals surface area contributed by atoms with Crippen LogP contribution in [-0.4, -0.2) is 6.61 Å². The molecule has 0 aromatic carbocycles. The maximum absolute atomic E-state index is 5.01. The van der Waals surface area contributed by atoms with Gasteiger partial charge in [-0.25, -0.2) is 0 Å². The summed E-state index contributed by atoms with van der Waals surface area (Å²) < 4.78 is 5.01. The highest BCUT2D eigenvalue weighted by Gasteiger charge is 1.77. The summed E-state index contributed by atoms with van der Waals surface area (Å²) in [5.41, 5.74) is 0. The van der Waals surface area contributed by atoms with Gasteiger partial charge in [0.15, 0.2) is 0 Å². The van der Waals surface area contributed by atoms with Crippen molar-refractivity contribution in [2.45, 2.75) is 20.3 Å². The summed E-state index contributed by atoms with van der Waals surface area (Å²) in [5, 5.41) is 0. The first-order chi connectivity index (χ1) is 3.91. The Bertz CT molecular complexity index is 57.4. The Hall–Kier alpha value is -0.460. The van der Waals surface area contributed by atoms with Crippen molar-refractivity contribution in [1.29, 1.82) is 0 Å². The molecule has 1 heteroatoms. The van der Waals surface area contributed by atoms with Crippen LogP contribution in [0.3, 0.4) is 0 Å². The van der Waals surface area contributed by atoms with Crippen LogP contribution in [0, 0.1) is 6.42 Å². The van der Waals surface area contributed by atoms with Gasteiger partial charge in [0, 0.05) is 0 Å². The van der Waals surface area contributed by atoms with E-state index < -0.39 is 0 Å². The van der Waals surface area contributed by atoms with Gasteiger partial charge in [-0.3, -0.25) is 0 Å². The predicted molar refractivity (Wildman–Crippen MR) is 35.4 cm³/mol. The summed E-state index contributed by atoms with van der Waals surface area (Å²) in [6.07, 6.45) is 6.72. The van der Waals surface area contributed by atoms with Crippen LogP contribution >= 0.6 is 0 Å². The second-order valence-electron chi connectivity index (χ2n) is 1.54. The zero-order chi connectivity index (χ0) is 6.24. The number of allylic oxidation sites excluding steroid dienone is 1. The van der Waals surface area contributed by atoms with E-state index in [1.165, 1.54) is 0 Å². The highest BCUT2D eigenvalue weighted by molar-refractivity contribution is 4.65. The molecule has 0 saturated carbocycles. The lowest BCUT2D eigenvalue weighted by molar-refractivity contribution is 0.252. The molecule has 0 aliphatic carbocycles. The van der Waals surface area contributed by atoms with Gasteiger partial charge in [0.25, 0.3) is 0 Å². The zero-order valence-corrected chi connectivity index (χ0v) is 5.55. The van der Waals surface area contributed by atoms with Crippen LogP contribution in [0.5, 0.6) is 0 Å². The van der Waals surface area contributed by atoms with Crippen molar-refractivity contribution in [3.8, 4) is 0 Å². The highest BCUT2D eigenvalue weighted by atomic mass is 16.5. The van der Waals surface area contributed by atoms with Crippen molar-refractivity contribution in [2.75, 3.05) is 6.61 Å². The number of hydrogen-bond acceptors (Lipinski definition) is 1. The third-order valence-corrected chi connectivity index (χ3v) is 0.757. The normalized spacial score (nSPS) is 10.2. The lowest BCUT2D eigenvalue weighted by atomic mass is 10.4. The largest absolute Gasteiger partial charge is 0.502 e. The van der Waals surface area contributed by atoms with Gasteiger partial charge >= 0.3 is 0 Å². The minimum Gasteiger partial charge on any atom is -0.502 e. The molecule has 0 heterocycles. The molecule has 0 aromatic heterocycles. The van der Waals surface area contributed by atoms with Gasteiger partial charge in [-0.2, -0.15) is 0 Å². The molecule has 0 aromatic rings. The monoisotopic (exact) mass is 113 g/mol. The Morgan fingerprint density at radius 3 is 2.62 bits per heavy atom. The molecule has 1 nitrogen and oxygen atoms in total. The van der Waals surface area contributed by atoms with Gasteiger partial charge in [0.05, 0.1) is 12.9 Å². The molecule has 0 bridgehead atoms. The van der Waals surface area contributed by atoms with E-state index in [1.54, 1.807) is 6.26 Å². The van der Waals surface area contributed by atoms with Gasteiger partial charge in [-0.05, 0) is 19.8 Å². The fourth-order valence-electron chi connectivity index (χ4n) is 0.350. The van der Waals surface area contributed by atoms with E-state index >= 15 is 0 Å². The molecular formula is C7H13O. The van der Waals surface area contributed by atoms with Crippen molar-refractivity contribution >= 4 is 0 Å². The summed E-state index contributed by atoms with van der Waals surface area (Å²) in [7, 11) is 0. The van der Waals surface area contributed by atoms with Gasteiger partial charge in [-0.15, -0.1) is 0 Å². The first-order valence-corrected chi connectivity index (χ1v) is 2.92. The second-order valence-corrected chi connectivity index (χ2v) is 1.54. The van der Waals surface area contributed by atoms with E-state index in [4.69, 9.17) is 4.74 Å². The van der Waals surface area contributed by atoms with E-state index in [1.807, 2.05) is 19.9 Å². The molecule has 0 spiro atoms. The molecule has 0 aliphatic heterocycles. The maximum atomic E-state index is 5.01. The van der Waals surface area contributed by atoms with Crippen molar-refractivity contribution in [3.63, 3.8) is 0 Å². The van der Waals surface area contributed by atoms with E-state index in [2.05, 4.69) is 6.42 Å². The molecule has 0 fully saturated rings. The first kappa shape index (κ1) is 7.54. The molecular weight excluding hydrogens is 100 g/mol. The molecule has 47 valence electrons. The van der Waals surface area contributed by atoms with Crippen molar-refractivity contribution < 1.29 is 4.74 Å². The zero-order valence-electron chi connectivity index (χ0n) is 5.55. The van der Waals surface area contributed by atoms with Crippen molar-refractivity contribution in [2.24, 2.45) is 0 Å². The Kier molecular flexibility index (Phi) is 6.16. The minimum absolute atomic E-state index is 0.806. The molecule has 8 heavy (non-hydrogen) atoms. The van der Waals surface area contributed by atoms with Crippen LogP contribution in [0.15, 0.2) is 12.3 Å². The average Bonchev–Trinajstić information content (AvgIpc) is 1.81. The molecule has 0 atom stereocenters. The summed E-state index contributed by atoms with van der Waals surface area (Å²) in [6, 6.07) is 0. The number of hydrogen-bond donors (Lipinski definition) is 0. The average molecular weight is 113 g/mol. The molecule has 0 unspecified atom stereocenters. The third kappa shape index (κ3) is 5.54. The maximum Gasteiger partial charge on any atom is 0.0875 e.